The lowest BCUT2D eigenvalue weighted by Crippen LogP contribution is -2.43. The highest BCUT2D eigenvalue weighted by molar-refractivity contribution is 5.89. The molecule has 0 aliphatic heterocycles. The van der Waals surface area contributed by atoms with E-state index in [9.17, 15) is 0 Å². The van der Waals surface area contributed by atoms with E-state index in [0.29, 0.717) is 11.8 Å². The summed E-state index contributed by atoms with van der Waals surface area (Å²) in [5.41, 5.74) is 24.7. The summed E-state index contributed by atoms with van der Waals surface area (Å²) in [5.74, 6) is 1.30. The van der Waals surface area contributed by atoms with Gasteiger partial charge in [0.2, 0.25) is 0 Å². The highest BCUT2D eigenvalue weighted by atomic mass is 15.2. The van der Waals surface area contributed by atoms with E-state index in [2.05, 4.69) is 188 Å². The molecular formula is C60H70N2. The fraction of sp³-hybridized carbons (Fsp3) is 0.400. The smallest absolute Gasteiger partial charge is 0.0520 e. The highest BCUT2D eigenvalue weighted by Gasteiger charge is 2.65. The van der Waals surface area contributed by atoms with Gasteiger partial charge in [0.05, 0.1) is 11.4 Å². The van der Waals surface area contributed by atoms with E-state index in [0.717, 1.165) is 12.8 Å². The zero-order chi connectivity index (χ0) is 43.5. The average Bonchev–Trinajstić information content (AvgIpc) is 3.70. The van der Waals surface area contributed by atoms with Crippen LogP contribution in [0.5, 0.6) is 0 Å². The molecule has 6 aromatic rings. The van der Waals surface area contributed by atoms with Gasteiger partial charge in [-0.05, 0) is 209 Å². The van der Waals surface area contributed by atoms with Crippen molar-refractivity contribution in [2.45, 2.75) is 144 Å². The van der Waals surface area contributed by atoms with Gasteiger partial charge < -0.3 is 9.80 Å². The number of unbranched alkanes of at least 4 members (excludes halogenated alkanes) is 2. The average molecular weight is 819 g/mol. The summed E-state index contributed by atoms with van der Waals surface area (Å²) >= 11 is 0. The first-order valence-corrected chi connectivity index (χ1v) is 24.1. The third-order valence-electron chi connectivity index (χ3n) is 15.3. The van der Waals surface area contributed by atoms with Crippen LogP contribution in [0.25, 0.3) is 11.1 Å². The third-order valence-corrected chi connectivity index (χ3v) is 15.3. The molecule has 320 valence electrons. The SMILES string of the molecule is CCCCc1cc(C)c(N(c2ccc(C)cc2)c2ccc3c(c2)[C@]24CC(C)C[C@]2(CC(C)C4)c2cc(N(c4ccc(C)cc4)c4c(C)cc(CCCC)cc4C)ccc2-3)c(C)c1. The Morgan fingerprint density at radius 2 is 0.758 bits per heavy atom. The highest BCUT2D eigenvalue weighted by Crippen LogP contribution is 2.72. The van der Waals surface area contributed by atoms with Gasteiger partial charge in [0, 0.05) is 33.6 Å². The normalized spacial score (nSPS) is 21.0. The van der Waals surface area contributed by atoms with Crippen molar-refractivity contribution in [3.63, 3.8) is 0 Å². The number of hydrogen-bond donors (Lipinski definition) is 0. The molecule has 2 nitrogen and oxygen atoms in total. The number of hydrogen-bond acceptors (Lipinski definition) is 2. The molecule has 9 rings (SSSR count). The molecule has 2 fully saturated rings. The zero-order valence-electron chi connectivity index (χ0n) is 39.5. The largest absolute Gasteiger partial charge is 0.310 e. The molecule has 0 amide bonds. The third kappa shape index (κ3) is 7.10. The van der Waals surface area contributed by atoms with Crippen molar-refractivity contribution in [2.24, 2.45) is 11.8 Å². The lowest BCUT2D eigenvalue weighted by Gasteiger charge is -2.48. The number of fused-ring (bicyclic) bond motifs is 3. The molecule has 2 saturated carbocycles. The van der Waals surface area contributed by atoms with Gasteiger partial charge in [-0.15, -0.1) is 0 Å². The van der Waals surface area contributed by atoms with Crippen LogP contribution in [0, 0.1) is 53.4 Å². The maximum atomic E-state index is 2.66. The number of anilines is 6. The van der Waals surface area contributed by atoms with Crippen LogP contribution in [0.3, 0.4) is 0 Å². The summed E-state index contributed by atoms with van der Waals surface area (Å²) in [4.78, 5) is 5.17. The summed E-state index contributed by atoms with van der Waals surface area (Å²) in [6, 6.07) is 43.5. The van der Waals surface area contributed by atoms with Gasteiger partial charge in [0.25, 0.3) is 0 Å². The Morgan fingerprint density at radius 1 is 0.435 bits per heavy atom. The van der Waals surface area contributed by atoms with E-state index in [1.807, 2.05) is 0 Å². The fourth-order valence-corrected chi connectivity index (χ4v) is 13.1. The molecule has 3 aliphatic carbocycles. The summed E-state index contributed by atoms with van der Waals surface area (Å²) in [6.07, 6.45) is 12.1. The van der Waals surface area contributed by atoms with Crippen molar-refractivity contribution >= 4 is 34.1 Å². The minimum atomic E-state index is 0.0806. The lowest BCUT2D eigenvalue weighted by atomic mass is 9.55. The van der Waals surface area contributed by atoms with Gasteiger partial charge in [-0.1, -0.05) is 112 Å². The molecule has 0 saturated heterocycles. The molecule has 2 heteroatoms. The van der Waals surface area contributed by atoms with Gasteiger partial charge in [0.15, 0.2) is 0 Å². The minimum Gasteiger partial charge on any atom is -0.310 e. The zero-order valence-corrected chi connectivity index (χ0v) is 39.5. The molecule has 0 radical (unpaired) electrons. The Kier molecular flexibility index (Phi) is 11.3. The van der Waals surface area contributed by atoms with E-state index in [1.165, 1.54) is 141 Å². The van der Waals surface area contributed by atoms with E-state index in [4.69, 9.17) is 0 Å². The molecular weight excluding hydrogens is 749 g/mol. The Bertz CT molecular complexity index is 2370. The standard InChI is InChI=1S/C60H70N2/c1-11-13-15-47-29-43(7)57(44(8)30-47)61(49-21-17-39(3)18-22-49)51-25-27-53-54-28-26-52(34-56(54)60-37-41(5)35-59(60,55(53)33-51)36-42(6)38-60)62(50-23-19-40(4)20-24-50)58-45(9)31-48(16-14-12-2)32-46(58)10/h17-34,41-42H,11-16,35-38H2,1-10H3/t41?,42?,59-,60+. The maximum Gasteiger partial charge on any atom is 0.0520 e. The van der Waals surface area contributed by atoms with Crippen molar-refractivity contribution in [1.82, 2.24) is 0 Å². The second-order valence-corrected chi connectivity index (χ2v) is 20.4. The van der Waals surface area contributed by atoms with Gasteiger partial charge in [-0.25, -0.2) is 0 Å². The second kappa shape index (κ2) is 16.6. The first-order chi connectivity index (χ1) is 29.9. The Morgan fingerprint density at radius 3 is 1.08 bits per heavy atom. The molecule has 0 N–H and O–H groups in total. The quantitative estimate of drug-likeness (QED) is 0.121. The van der Waals surface area contributed by atoms with Crippen molar-refractivity contribution < 1.29 is 0 Å². The van der Waals surface area contributed by atoms with Crippen LogP contribution in [0.1, 0.15) is 135 Å². The van der Waals surface area contributed by atoms with Crippen LogP contribution in [0.4, 0.5) is 34.1 Å². The first kappa shape index (κ1) is 42.2. The second-order valence-electron chi connectivity index (χ2n) is 20.4. The molecule has 0 bridgehead atoms. The minimum absolute atomic E-state index is 0.0806. The molecule has 0 spiro atoms. The van der Waals surface area contributed by atoms with Crippen molar-refractivity contribution in [2.75, 3.05) is 9.80 Å². The van der Waals surface area contributed by atoms with Crippen LogP contribution >= 0.6 is 0 Å². The van der Waals surface area contributed by atoms with Gasteiger partial charge in [-0.2, -0.15) is 0 Å². The number of nitrogens with zero attached hydrogens (tertiary/aromatic N) is 2. The predicted molar refractivity (Wildman–Crippen MR) is 267 cm³/mol. The van der Waals surface area contributed by atoms with Crippen LogP contribution in [0.2, 0.25) is 0 Å². The van der Waals surface area contributed by atoms with E-state index >= 15 is 0 Å². The number of benzene rings is 6. The fourth-order valence-electron chi connectivity index (χ4n) is 13.1. The molecule has 3 aliphatic rings. The molecule has 62 heavy (non-hydrogen) atoms. The van der Waals surface area contributed by atoms with Gasteiger partial charge in [-0.3, -0.25) is 0 Å². The molecule has 0 atom stereocenters. The summed E-state index contributed by atoms with van der Waals surface area (Å²) in [7, 11) is 0. The number of aryl methyl sites for hydroxylation is 8. The Hall–Kier alpha value is -5.08. The number of rotatable bonds is 12. The monoisotopic (exact) mass is 819 g/mol. The van der Waals surface area contributed by atoms with E-state index in [-0.39, 0.29) is 10.8 Å². The molecule has 0 aromatic heterocycles. The summed E-state index contributed by atoms with van der Waals surface area (Å²) in [5, 5.41) is 0. The topological polar surface area (TPSA) is 6.48 Å². The van der Waals surface area contributed by atoms with Gasteiger partial charge >= 0.3 is 0 Å². The van der Waals surface area contributed by atoms with Crippen LogP contribution < -0.4 is 9.80 Å². The van der Waals surface area contributed by atoms with Crippen molar-refractivity contribution in [3.05, 3.63) is 165 Å². The van der Waals surface area contributed by atoms with E-state index < -0.39 is 0 Å². The van der Waals surface area contributed by atoms with Crippen LogP contribution in [-0.2, 0) is 23.7 Å². The lowest BCUT2D eigenvalue weighted by molar-refractivity contribution is 0.299. The molecule has 6 aromatic carbocycles. The molecule has 0 heterocycles. The van der Waals surface area contributed by atoms with Crippen LogP contribution in [0.15, 0.2) is 109 Å². The van der Waals surface area contributed by atoms with Crippen molar-refractivity contribution in [1.29, 1.82) is 0 Å². The van der Waals surface area contributed by atoms with Gasteiger partial charge in [0.1, 0.15) is 0 Å². The Balaban J connectivity index is 1.24. The Labute approximate surface area is 374 Å². The molecule has 0 unspecified atom stereocenters. The van der Waals surface area contributed by atoms with Crippen LogP contribution in [-0.4, -0.2) is 0 Å². The maximum absolute atomic E-state index is 2.66. The van der Waals surface area contributed by atoms with E-state index in [1.54, 1.807) is 11.1 Å². The summed E-state index contributed by atoms with van der Waals surface area (Å²) in [6.45, 7) is 23.4. The first-order valence-electron chi connectivity index (χ1n) is 24.1. The van der Waals surface area contributed by atoms with Crippen molar-refractivity contribution in [3.8, 4) is 11.1 Å². The predicted octanol–water partition coefficient (Wildman–Crippen LogP) is 17.2. The summed E-state index contributed by atoms with van der Waals surface area (Å²) < 4.78 is 0.